The van der Waals surface area contributed by atoms with Crippen LogP contribution < -0.4 is 5.32 Å². The third-order valence-corrected chi connectivity index (χ3v) is 8.29. The molecule has 2 aromatic carbocycles. The van der Waals surface area contributed by atoms with E-state index in [4.69, 9.17) is 0 Å². The van der Waals surface area contributed by atoms with Crippen LogP contribution >= 0.6 is 11.8 Å². The molecule has 2 fully saturated rings. The molecular formula is C25H19FN4O4S. The van der Waals surface area contributed by atoms with Crippen molar-refractivity contribution in [3.63, 3.8) is 0 Å². The van der Waals surface area contributed by atoms with Gasteiger partial charge in [0.2, 0.25) is 5.91 Å². The number of carbonyl (C=O) groups is 2. The first kappa shape index (κ1) is 21.9. The van der Waals surface area contributed by atoms with Gasteiger partial charge in [0, 0.05) is 53.2 Å². The summed E-state index contributed by atoms with van der Waals surface area (Å²) in [6.07, 6.45) is 1.51. The van der Waals surface area contributed by atoms with Gasteiger partial charge in [-0.2, -0.15) is 0 Å². The Morgan fingerprint density at radius 1 is 1.20 bits per heavy atom. The van der Waals surface area contributed by atoms with Crippen molar-refractivity contribution in [1.82, 2.24) is 9.88 Å². The number of ketones is 1. The van der Waals surface area contributed by atoms with Gasteiger partial charge in [-0.1, -0.05) is 18.2 Å². The number of nitro groups is 1. The third-order valence-electron chi connectivity index (χ3n) is 7.25. The lowest BCUT2D eigenvalue weighted by atomic mass is 9.70. The quantitative estimate of drug-likeness (QED) is 0.335. The summed E-state index contributed by atoms with van der Waals surface area (Å²) in [5.74, 6) is -1.68. The van der Waals surface area contributed by atoms with Crippen molar-refractivity contribution in [2.24, 2.45) is 5.92 Å². The highest BCUT2D eigenvalue weighted by molar-refractivity contribution is 7.99. The van der Waals surface area contributed by atoms with Crippen molar-refractivity contribution >= 4 is 34.8 Å². The van der Waals surface area contributed by atoms with E-state index >= 15 is 0 Å². The van der Waals surface area contributed by atoms with Crippen molar-refractivity contribution in [3.8, 4) is 0 Å². The second kappa shape index (κ2) is 7.96. The number of thioether (sulfide) groups is 1. The number of nitrogens with one attached hydrogen (secondary N) is 1. The van der Waals surface area contributed by atoms with E-state index in [1.165, 1.54) is 36.5 Å². The summed E-state index contributed by atoms with van der Waals surface area (Å²) < 4.78 is 14.5. The van der Waals surface area contributed by atoms with Gasteiger partial charge in [-0.25, -0.2) is 4.39 Å². The minimum atomic E-state index is -1.46. The standard InChI is InChI=1S/C25H19FN4O4S/c26-15-7-8-18-17(11-15)25(24(32)28-18)22(23(31)19-6-1-2-9-27-19)21(20-12-35-13-29(20)25)14-4-3-5-16(10-14)30(33)34/h1-11,20-22H,12-13H2,(H,28,32)/t20-,21+,22+,25+/m0/s1. The molecule has 176 valence electrons. The molecule has 3 aromatic rings. The molecule has 10 heteroatoms. The van der Waals surface area contributed by atoms with Gasteiger partial charge >= 0.3 is 0 Å². The number of hydrogen-bond donors (Lipinski definition) is 1. The fourth-order valence-electron chi connectivity index (χ4n) is 5.93. The van der Waals surface area contributed by atoms with E-state index in [0.29, 0.717) is 28.4 Å². The zero-order chi connectivity index (χ0) is 24.3. The highest BCUT2D eigenvalue weighted by Gasteiger charge is 2.69. The Morgan fingerprint density at radius 3 is 2.83 bits per heavy atom. The van der Waals surface area contributed by atoms with E-state index in [2.05, 4.69) is 10.3 Å². The van der Waals surface area contributed by atoms with Crippen molar-refractivity contribution in [2.45, 2.75) is 17.5 Å². The Bertz CT molecular complexity index is 1390. The van der Waals surface area contributed by atoms with Crippen LogP contribution in [0.3, 0.4) is 0 Å². The largest absolute Gasteiger partial charge is 0.324 e. The molecule has 2 saturated heterocycles. The third kappa shape index (κ3) is 3.06. The number of fused-ring (bicyclic) bond motifs is 4. The number of nitrogens with zero attached hydrogens (tertiary/aromatic N) is 3. The number of nitro benzene ring substituents is 1. The Morgan fingerprint density at radius 2 is 2.06 bits per heavy atom. The topological polar surface area (TPSA) is 105 Å². The predicted octanol–water partition coefficient (Wildman–Crippen LogP) is 3.95. The minimum Gasteiger partial charge on any atom is -0.324 e. The average molecular weight is 491 g/mol. The van der Waals surface area contributed by atoms with E-state index < -0.39 is 34.0 Å². The molecule has 3 aliphatic rings. The van der Waals surface area contributed by atoms with Gasteiger partial charge in [-0.15, -0.1) is 11.8 Å². The molecule has 0 aliphatic carbocycles. The monoisotopic (exact) mass is 490 g/mol. The van der Waals surface area contributed by atoms with Crippen LogP contribution in [0.2, 0.25) is 0 Å². The van der Waals surface area contributed by atoms with Crippen LogP contribution in [0, 0.1) is 21.8 Å². The highest BCUT2D eigenvalue weighted by Crippen LogP contribution is 2.61. The number of rotatable bonds is 4. The minimum absolute atomic E-state index is 0.0907. The van der Waals surface area contributed by atoms with Crippen LogP contribution in [0.1, 0.15) is 27.5 Å². The van der Waals surface area contributed by atoms with Gasteiger partial charge in [-0.3, -0.25) is 29.6 Å². The molecule has 0 saturated carbocycles. The van der Waals surface area contributed by atoms with Crippen LogP contribution in [0.5, 0.6) is 0 Å². The van der Waals surface area contributed by atoms with Crippen LogP contribution in [-0.4, -0.2) is 44.2 Å². The number of non-ortho nitro benzene ring substituents is 1. The highest BCUT2D eigenvalue weighted by atomic mass is 32.2. The first-order valence-electron chi connectivity index (χ1n) is 11.1. The van der Waals surface area contributed by atoms with E-state index in [9.17, 15) is 24.1 Å². The van der Waals surface area contributed by atoms with Crippen molar-refractivity contribution < 1.29 is 18.9 Å². The number of hydrogen-bond acceptors (Lipinski definition) is 7. The summed E-state index contributed by atoms with van der Waals surface area (Å²) in [4.78, 5) is 45.3. The zero-order valence-corrected chi connectivity index (χ0v) is 19.1. The van der Waals surface area contributed by atoms with Crippen molar-refractivity contribution in [1.29, 1.82) is 0 Å². The van der Waals surface area contributed by atoms with Gasteiger partial charge in [0.15, 0.2) is 5.78 Å². The molecule has 6 rings (SSSR count). The average Bonchev–Trinajstić information content (AvgIpc) is 3.52. The van der Waals surface area contributed by atoms with Gasteiger partial charge in [0.1, 0.15) is 17.1 Å². The van der Waals surface area contributed by atoms with Crippen LogP contribution in [0.15, 0.2) is 66.9 Å². The second-order valence-electron chi connectivity index (χ2n) is 8.88. The first-order chi connectivity index (χ1) is 16.9. The lowest BCUT2D eigenvalue weighted by Gasteiger charge is -2.36. The fraction of sp³-hybridized carbons (Fsp3) is 0.240. The van der Waals surface area contributed by atoms with E-state index in [0.717, 1.165) is 0 Å². The Kier molecular flexibility index (Phi) is 4.97. The van der Waals surface area contributed by atoms with Crippen molar-refractivity contribution in [2.75, 3.05) is 16.9 Å². The Hall–Kier alpha value is -3.63. The molecule has 1 N–H and O–H groups in total. The lowest BCUT2D eigenvalue weighted by molar-refractivity contribution is -0.384. The first-order valence-corrected chi connectivity index (χ1v) is 12.2. The molecule has 8 nitrogen and oxygen atoms in total. The number of aromatic nitrogens is 1. The molecule has 1 aromatic heterocycles. The summed E-state index contributed by atoms with van der Waals surface area (Å²) in [5, 5.41) is 14.4. The normalized spacial score (nSPS) is 27.0. The SMILES string of the molecule is O=C(c1ccccn1)[C@H]1[C@H](c2cccc([N+](=O)[O-])c2)[C@@H]2CSCN2[C@@]12C(=O)Nc1ccc(F)cc12. The van der Waals surface area contributed by atoms with Gasteiger partial charge in [0.25, 0.3) is 5.69 Å². The fourth-order valence-corrected chi connectivity index (χ4v) is 7.26. The second-order valence-corrected chi connectivity index (χ2v) is 9.88. The molecule has 3 aliphatic heterocycles. The van der Waals surface area contributed by atoms with Gasteiger partial charge in [0.05, 0.1) is 10.8 Å². The molecule has 35 heavy (non-hydrogen) atoms. The maximum absolute atomic E-state index is 14.5. The number of pyridine rings is 1. The summed E-state index contributed by atoms with van der Waals surface area (Å²) in [6.45, 7) is 0. The van der Waals surface area contributed by atoms with Gasteiger partial charge < -0.3 is 5.32 Å². The van der Waals surface area contributed by atoms with Crippen LogP contribution in [0.25, 0.3) is 0 Å². The molecule has 4 atom stereocenters. The maximum Gasteiger partial charge on any atom is 0.269 e. The molecule has 1 amide bonds. The molecule has 0 radical (unpaired) electrons. The number of benzene rings is 2. The number of anilines is 1. The number of halogens is 1. The van der Waals surface area contributed by atoms with E-state index in [-0.39, 0.29) is 23.2 Å². The number of amides is 1. The Balaban J connectivity index is 1.63. The van der Waals surface area contributed by atoms with E-state index in [1.807, 2.05) is 4.90 Å². The van der Waals surface area contributed by atoms with Crippen molar-refractivity contribution in [3.05, 3.63) is 99.6 Å². The molecule has 0 bridgehead atoms. The number of Topliss-reactive ketones (excluding diaryl/α,β-unsaturated/α-hetero) is 1. The molecule has 0 unspecified atom stereocenters. The van der Waals surface area contributed by atoms with E-state index in [1.54, 1.807) is 42.1 Å². The Labute approximate surface area is 203 Å². The lowest BCUT2D eigenvalue weighted by Crippen LogP contribution is -2.52. The number of carbonyl (C=O) groups excluding carboxylic acids is 2. The van der Waals surface area contributed by atoms with Crippen LogP contribution in [0.4, 0.5) is 15.8 Å². The summed E-state index contributed by atoms with van der Waals surface area (Å²) >= 11 is 1.62. The van der Waals surface area contributed by atoms with Crippen LogP contribution in [-0.2, 0) is 10.3 Å². The predicted molar refractivity (Wildman–Crippen MR) is 128 cm³/mol. The maximum atomic E-state index is 14.5. The van der Waals surface area contributed by atoms with Gasteiger partial charge in [-0.05, 0) is 35.9 Å². The summed E-state index contributed by atoms with van der Waals surface area (Å²) in [6, 6.07) is 15.1. The molecule has 1 spiro atoms. The zero-order valence-electron chi connectivity index (χ0n) is 18.3. The molecular weight excluding hydrogens is 471 g/mol. The molecule has 4 heterocycles. The summed E-state index contributed by atoms with van der Waals surface area (Å²) in [5.41, 5.74) is 0.115. The summed E-state index contributed by atoms with van der Waals surface area (Å²) in [7, 11) is 0. The smallest absolute Gasteiger partial charge is 0.269 e.